The average molecular weight is 176 g/mol. The maximum absolute atomic E-state index is 5.67. The molecule has 3 nitrogen and oxygen atoms in total. The molecule has 0 N–H and O–H groups in total. The lowest BCUT2D eigenvalue weighted by molar-refractivity contribution is 0.250. The van der Waals surface area contributed by atoms with E-state index in [0.29, 0.717) is 23.6 Å². The fourth-order valence-corrected chi connectivity index (χ4v) is 0.886. The predicted octanol–water partition coefficient (Wildman–Crippen LogP) is 2.29. The highest BCUT2D eigenvalue weighted by Gasteiger charge is 2.09. The summed E-state index contributed by atoms with van der Waals surface area (Å²) in [5, 5.41) is 0.309. The summed E-state index contributed by atoms with van der Waals surface area (Å²) in [5.74, 6) is 0.935. The van der Waals surface area contributed by atoms with Gasteiger partial charge in [0.1, 0.15) is 0 Å². The van der Waals surface area contributed by atoms with Crippen LogP contribution in [0.25, 0.3) is 0 Å². The Bertz CT molecular complexity index is 234. The van der Waals surface area contributed by atoms with Gasteiger partial charge in [-0.1, -0.05) is 18.5 Å². The van der Waals surface area contributed by atoms with Crippen molar-refractivity contribution in [1.82, 2.24) is 4.98 Å². The smallest absolute Gasteiger partial charge is 0.325 e. The first-order valence-electron chi connectivity index (χ1n) is 3.56. The molecule has 0 fully saturated rings. The molecule has 62 valence electrons. The number of halogens is 1. The molecule has 0 radical (unpaired) electrons. The molecule has 0 saturated heterocycles. The Hall–Kier alpha value is -0.700. The molecule has 0 aliphatic carbocycles. The lowest BCUT2D eigenvalue weighted by Gasteiger charge is -1.94. The number of oxazole rings is 1. The van der Waals surface area contributed by atoms with Crippen LogP contribution in [0, 0.1) is 0 Å². The van der Waals surface area contributed by atoms with Gasteiger partial charge < -0.3 is 9.15 Å². The molecule has 0 aromatic carbocycles. The number of aromatic nitrogens is 1. The standard InChI is InChI=1S/C7H10ClNO2/c1-3-5-9-6(8)7(11-5)10-4-2/h3-4H2,1-2H3. The van der Waals surface area contributed by atoms with Crippen molar-refractivity contribution in [3.63, 3.8) is 0 Å². The Morgan fingerprint density at radius 3 is 2.73 bits per heavy atom. The van der Waals surface area contributed by atoms with Crippen LogP contribution in [0.3, 0.4) is 0 Å². The summed E-state index contributed by atoms with van der Waals surface area (Å²) in [7, 11) is 0. The molecule has 0 aliphatic heterocycles. The second kappa shape index (κ2) is 3.62. The zero-order valence-electron chi connectivity index (χ0n) is 6.56. The van der Waals surface area contributed by atoms with Crippen molar-refractivity contribution in [3.8, 4) is 5.95 Å². The van der Waals surface area contributed by atoms with E-state index in [1.165, 1.54) is 0 Å². The molecule has 0 spiro atoms. The van der Waals surface area contributed by atoms with E-state index in [4.69, 9.17) is 20.8 Å². The SMILES string of the molecule is CCOc1oc(CC)nc1Cl. The van der Waals surface area contributed by atoms with E-state index >= 15 is 0 Å². The zero-order valence-corrected chi connectivity index (χ0v) is 7.31. The Balaban J connectivity index is 2.79. The molecule has 0 bridgehead atoms. The average Bonchev–Trinajstić information content (AvgIpc) is 2.33. The van der Waals surface area contributed by atoms with Crippen LogP contribution in [0.2, 0.25) is 5.15 Å². The van der Waals surface area contributed by atoms with E-state index in [-0.39, 0.29) is 0 Å². The molecule has 1 rings (SSSR count). The van der Waals surface area contributed by atoms with Crippen molar-refractivity contribution in [2.75, 3.05) is 6.61 Å². The molecule has 1 aromatic heterocycles. The Morgan fingerprint density at radius 2 is 2.27 bits per heavy atom. The third-order valence-electron chi connectivity index (χ3n) is 1.18. The van der Waals surface area contributed by atoms with Crippen LogP contribution in [0.1, 0.15) is 19.7 Å². The van der Waals surface area contributed by atoms with Crippen LogP contribution < -0.4 is 4.74 Å². The first kappa shape index (κ1) is 8.40. The third-order valence-corrected chi connectivity index (χ3v) is 1.42. The van der Waals surface area contributed by atoms with Crippen LogP contribution in [0.4, 0.5) is 0 Å². The molecule has 0 atom stereocenters. The minimum absolute atomic E-state index is 0.309. The summed E-state index contributed by atoms with van der Waals surface area (Å²) in [4.78, 5) is 3.92. The van der Waals surface area contributed by atoms with Crippen molar-refractivity contribution in [3.05, 3.63) is 11.0 Å². The van der Waals surface area contributed by atoms with Gasteiger partial charge in [-0.15, -0.1) is 0 Å². The van der Waals surface area contributed by atoms with Gasteiger partial charge in [-0.2, -0.15) is 4.98 Å². The van der Waals surface area contributed by atoms with Crippen LogP contribution >= 0.6 is 11.6 Å². The number of rotatable bonds is 3. The number of hydrogen-bond donors (Lipinski definition) is 0. The first-order chi connectivity index (χ1) is 5.27. The minimum atomic E-state index is 0.309. The molecule has 11 heavy (non-hydrogen) atoms. The van der Waals surface area contributed by atoms with Gasteiger partial charge in [0, 0.05) is 6.42 Å². The zero-order chi connectivity index (χ0) is 8.27. The van der Waals surface area contributed by atoms with Crippen LogP contribution in [0.15, 0.2) is 4.42 Å². The van der Waals surface area contributed by atoms with Crippen LogP contribution in [-0.2, 0) is 6.42 Å². The maximum Gasteiger partial charge on any atom is 0.325 e. The highest BCUT2D eigenvalue weighted by atomic mass is 35.5. The normalized spacial score (nSPS) is 10.1. The molecule has 1 aromatic rings. The highest BCUT2D eigenvalue weighted by Crippen LogP contribution is 2.24. The summed E-state index contributed by atoms with van der Waals surface area (Å²) >= 11 is 5.67. The Kier molecular flexibility index (Phi) is 2.76. The van der Waals surface area contributed by atoms with Gasteiger partial charge >= 0.3 is 5.95 Å². The van der Waals surface area contributed by atoms with Gasteiger partial charge in [0.15, 0.2) is 5.89 Å². The molecule has 0 unspecified atom stereocenters. The molecule has 1 heterocycles. The maximum atomic E-state index is 5.67. The van der Waals surface area contributed by atoms with Gasteiger partial charge in [0.2, 0.25) is 5.15 Å². The summed E-state index contributed by atoms with van der Waals surface area (Å²) in [5.41, 5.74) is 0. The van der Waals surface area contributed by atoms with E-state index in [1.807, 2.05) is 13.8 Å². The molecular formula is C7H10ClNO2. The van der Waals surface area contributed by atoms with Crippen LogP contribution in [-0.4, -0.2) is 11.6 Å². The quantitative estimate of drug-likeness (QED) is 0.707. The number of ether oxygens (including phenoxy) is 1. The predicted molar refractivity (Wildman–Crippen MR) is 42.1 cm³/mol. The molecular weight excluding hydrogens is 166 g/mol. The van der Waals surface area contributed by atoms with Crippen LogP contribution in [0.5, 0.6) is 5.95 Å². The van der Waals surface area contributed by atoms with Crippen molar-refractivity contribution >= 4 is 11.6 Å². The number of nitrogens with zero attached hydrogens (tertiary/aromatic N) is 1. The van der Waals surface area contributed by atoms with E-state index in [2.05, 4.69) is 4.98 Å². The van der Waals surface area contributed by atoms with Gasteiger partial charge in [-0.3, -0.25) is 0 Å². The summed E-state index contributed by atoms with van der Waals surface area (Å²) in [6.07, 6.45) is 0.729. The Labute approximate surface area is 70.3 Å². The van der Waals surface area contributed by atoms with E-state index in [0.717, 1.165) is 6.42 Å². The summed E-state index contributed by atoms with van der Waals surface area (Å²) in [6, 6.07) is 0. The van der Waals surface area contributed by atoms with E-state index in [1.54, 1.807) is 0 Å². The van der Waals surface area contributed by atoms with Gasteiger partial charge in [-0.25, -0.2) is 0 Å². The molecule has 0 amide bonds. The van der Waals surface area contributed by atoms with E-state index in [9.17, 15) is 0 Å². The van der Waals surface area contributed by atoms with Gasteiger partial charge in [0.05, 0.1) is 6.61 Å². The second-order valence-electron chi connectivity index (χ2n) is 1.97. The largest absolute Gasteiger partial charge is 0.463 e. The fourth-order valence-electron chi connectivity index (χ4n) is 0.698. The summed E-state index contributed by atoms with van der Waals surface area (Å²) < 4.78 is 10.2. The lowest BCUT2D eigenvalue weighted by Crippen LogP contribution is -1.89. The van der Waals surface area contributed by atoms with Crippen molar-refractivity contribution in [2.24, 2.45) is 0 Å². The Morgan fingerprint density at radius 1 is 1.55 bits per heavy atom. The van der Waals surface area contributed by atoms with Crippen molar-refractivity contribution in [1.29, 1.82) is 0 Å². The first-order valence-corrected chi connectivity index (χ1v) is 3.93. The van der Waals surface area contributed by atoms with Crippen molar-refractivity contribution in [2.45, 2.75) is 20.3 Å². The summed E-state index contributed by atoms with van der Waals surface area (Å²) in [6.45, 7) is 4.35. The monoisotopic (exact) mass is 175 g/mol. The highest BCUT2D eigenvalue weighted by molar-refractivity contribution is 6.30. The fraction of sp³-hybridized carbons (Fsp3) is 0.571. The number of aryl methyl sites for hydroxylation is 1. The third kappa shape index (κ3) is 1.87. The van der Waals surface area contributed by atoms with Crippen molar-refractivity contribution < 1.29 is 9.15 Å². The van der Waals surface area contributed by atoms with Gasteiger partial charge in [0.25, 0.3) is 0 Å². The molecule has 0 saturated carbocycles. The van der Waals surface area contributed by atoms with E-state index < -0.39 is 0 Å². The topological polar surface area (TPSA) is 35.3 Å². The second-order valence-corrected chi connectivity index (χ2v) is 2.33. The van der Waals surface area contributed by atoms with Gasteiger partial charge in [-0.05, 0) is 6.92 Å². The molecule has 0 aliphatic rings. The lowest BCUT2D eigenvalue weighted by atomic mass is 10.5. The molecule has 4 heteroatoms. The number of hydrogen-bond acceptors (Lipinski definition) is 3. The minimum Gasteiger partial charge on any atom is -0.463 e.